The minimum Gasteiger partial charge on any atom is -0.477 e. The fourth-order valence-corrected chi connectivity index (χ4v) is 7.62. The van der Waals surface area contributed by atoms with Crippen LogP contribution in [0.4, 0.5) is 0 Å². The molecule has 2 atom stereocenters. The lowest BCUT2D eigenvalue weighted by molar-refractivity contribution is -0.870. The molecule has 0 radical (unpaired) electrons. The molecule has 0 amide bonds. The van der Waals surface area contributed by atoms with E-state index in [1.54, 1.807) is 0 Å². The van der Waals surface area contributed by atoms with E-state index in [0.717, 1.165) is 109 Å². The lowest BCUT2D eigenvalue weighted by atomic mass is 10.0. The Labute approximate surface area is 442 Å². The highest BCUT2D eigenvalue weighted by atomic mass is 16.7. The van der Waals surface area contributed by atoms with Crippen molar-refractivity contribution in [3.05, 3.63) is 97.2 Å². The van der Waals surface area contributed by atoms with Crippen molar-refractivity contribution < 1.29 is 42.9 Å². The molecule has 0 heterocycles. The highest BCUT2D eigenvalue weighted by Gasteiger charge is 2.25. The summed E-state index contributed by atoms with van der Waals surface area (Å²) >= 11 is 0. The van der Waals surface area contributed by atoms with Crippen LogP contribution >= 0.6 is 0 Å². The summed E-state index contributed by atoms with van der Waals surface area (Å²) in [7, 11) is 5.96. The molecule has 0 saturated heterocycles. The van der Waals surface area contributed by atoms with E-state index in [1.165, 1.54) is 83.5 Å². The maximum Gasteiger partial charge on any atom is 0.361 e. The molecule has 0 aromatic heterocycles. The van der Waals surface area contributed by atoms with Crippen LogP contribution in [0.5, 0.6) is 0 Å². The summed E-state index contributed by atoms with van der Waals surface area (Å²) in [6, 6.07) is 0. The lowest BCUT2D eigenvalue weighted by Crippen LogP contribution is -2.40. The molecule has 0 aliphatic heterocycles. The molecule has 412 valence electrons. The topological polar surface area (TPSA) is 108 Å². The number of allylic oxidation sites excluding steroid dienone is 16. The fourth-order valence-electron chi connectivity index (χ4n) is 7.62. The number of hydrogen-bond donors (Lipinski definition) is 1. The minimum absolute atomic E-state index is 0.182. The van der Waals surface area contributed by atoms with E-state index in [1.807, 2.05) is 21.1 Å². The van der Waals surface area contributed by atoms with Gasteiger partial charge in [0, 0.05) is 12.8 Å². The number of carboxylic acids is 1. The van der Waals surface area contributed by atoms with Crippen molar-refractivity contribution in [3.63, 3.8) is 0 Å². The van der Waals surface area contributed by atoms with E-state index in [2.05, 4.69) is 111 Å². The van der Waals surface area contributed by atoms with Crippen molar-refractivity contribution in [2.75, 3.05) is 47.5 Å². The van der Waals surface area contributed by atoms with E-state index in [0.29, 0.717) is 17.4 Å². The van der Waals surface area contributed by atoms with Crippen molar-refractivity contribution in [1.29, 1.82) is 0 Å². The largest absolute Gasteiger partial charge is 0.477 e. The number of aliphatic carboxylic acids is 1. The Balaban J connectivity index is 4.16. The number of carbonyl (C=O) groups excluding carboxylic acids is 2. The Hall–Kier alpha value is -3.79. The van der Waals surface area contributed by atoms with E-state index >= 15 is 0 Å². The van der Waals surface area contributed by atoms with Crippen LogP contribution in [-0.2, 0) is 33.3 Å². The fraction of sp³-hybridized carbons (Fsp3) is 0.698. The van der Waals surface area contributed by atoms with E-state index in [-0.39, 0.29) is 38.6 Å². The number of carboxylic acid groups (broad SMARTS) is 1. The molecule has 0 aliphatic rings. The molecule has 1 N–H and O–H groups in total. The Bertz CT molecular complexity index is 1500. The average Bonchev–Trinajstić information content (AvgIpc) is 3.35. The molecule has 0 spiro atoms. The minimum atomic E-state index is -1.52. The first-order chi connectivity index (χ1) is 35.1. The molecule has 0 fully saturated rings. The number of rotatable bonds is 52. The molecule has 0 aliphatic carbocycles. The molecule has 0 aromatic carbocycles. The molecule has 0 saturated carbocycles. The predicted molar refractivity (Wildman–Crippen MR) is 304 cm³/mol. The van der Waals surface area contributed by atoms with Crippen LogP contribution in [0.15, 0.2) is 97.2 Å². The maximum atomic E-state index is 12.9. The van der Waals surface area contributed by atoms with Crippen LogP contribution in [0.25, 0.3) is 0 Å². The standard InChI is InChI=1S/C63H107NO8/c1-6-8-10-12-14-16-18-20-22-23-24-25-26-27-28-29-30-31-32-33-34-35-36-37-38-39-40-42-44-46-48-50-52-54-61(66)72-59(58-71-63(62(67)68)69-56-55-64(3,4)5)57-70-60(65)53-51-49-47-45-43-41-21-19-17-15-13-11-9-7-2/h8,10,13-16,19-22,24-25,27-28,30-31,59,63H,6-7,9,11-12,17-18,23,26,29,32-58H2,1-5H3/p+1/b10-8-,15-13-,16-14-,21-19-,22-20-,25-24-,28-27-,31-30-. The predicted octanol–water partition coefficient (Wildman–Crippen LogP) is 17.0. The number of nitrogens with zero attached hydrogens (tertiary/aromatic N) is 1. The number of hydrogen-bond acceptors (Lipinski definition) is 7. The smallest absolute Gasteiger partial charge is 0.361 e. The van der Waals surface area contributed by atoms with Gasteiger partial charge in [-0.25, -0.2) is 4.79 Å². The van der Waals surface area contributed by atoms with Gasteiger partial charge in [0.1, 0.15) is 13.2 Å². The van der Waals surface area contributed by atoms with Gasteiger partial charge in [0.15, 0.2) is 6.10 Å². The molecule has 9 nitrogen and oxygen atoms in total. The molecule has 72 heavy (non-hydrogen) atoms. The third-order valence-electron chi connectivity index (χ3n) is 12.1. The number of quaternary nitrogens is 1. The first-order valence-corrected chi connectivity index (χ1v) is 28.9. The maximum absolute atomic E-state index is 12.9. The van der Waals surface area contributed by atoms with E-state index in [4.69, 9.17) is 18.9 Å². The Morgan fingerprint density at radius 3 is 1.18 bits per heavy atom. The third-order valence-corrected chi connectivity index (χ3v) is 12.1. The van der Waals surface area contributed by atoms with Gasteiger partial charge in [-0.05, 0) is 89.9 Å². The zero-order chi connectivity index (χ0) is 52.7. The van der Waals surface area contributed by atoms with Crippen molar-refractivity contribution in [1.82, 2.24) is 0 Å². The van der Waals surface area contributed by atoms with Gasteiger partial charge in [-0.2, -0.15) is 0 Å². The van der Waals surface area contributed by atoms with Crippen LogP contribution in [0, 0.1) is 0 Å². The monoisotopic (exact) mass is 1010 g/mol. The van der Waals surface area contributed by atoms with Gasteiger partial charge in [0.2, 0.25) is 0 Å². The van der Waals surface area contributed by atoms with Gasteiger partial charge >= 0.3 is 17.9 Å². The van der Waals surface area contributed by atoms with Crippen molar-refractivity contribution in [2.45, 2.75) is 238 Å². The van der Waals surface area contributed by atoms with Crippen molar-refractivity contribution >= 4 is 17.9 Å². The van der Waals surface area contributed by atoms with Crippen LogP contribution in [0.3, 0.4) is 0 Å². The summed E-state index contributed by atoms with van der Waals surface area (Å²) in [6.07, 6.45) is 69.2. The summed E-state index contributed by atoms with van der Waals surface area (Å²) in [5.41, 5.74) is 0. The molecule has 0 bridgehead atoms. The summed E-state index contributed by atoms with van der Waals surface area (Å²) < 4.78 is 22.8. The highest BCUT2D eigenvalue weighted by Crippen LogP contribution is 2.15. The van der Waals surface area contributed by atoms with Crippen LogP contribution in [0.2, 0.25) is 0 Å². The Morgan fingerprint density at radius 1 is 0.431 bits per heavy atom. The Kier molecular flexibility index (Phi) is 50.7. The van der Waals surface area contributed by atoms with Gasteiger partial charge in [-0.1, -0.05) is 220 Å². The summed E-state index contributed by atoms with van der Waals surface area (Å²) in [5.74, 6) is -2.03. The number of esters is 2. The third kappa shape index (κ3) is 54.0. The summed E-state index contributed by atoms with van der Waals surface area (Å²) in [4.78, 5) is 37.3. The number of ether oxygens (including phenoxy) is 4. The number of carbonyl (C=O) groups is 3. The number of unbranched alkanes of at least 4 members (excludes halogenated alkanes) is 21. The van der Waals surface area contributed by atoms with Crippen molar-refractivity contribution in [2.24, 2.45) is 0 Å². The van der Waals surface area contributed by atoms with Gasteiger partial charge in [0.25, 0.3) is 6.29 Å². The molecule has 0 aromatic rings. The first-order valence-electron chi connectivity index (χ1n) is 28.9. The van der Waals surface area contributed by atoms with Gasteiger partial charge < -0.3 is 28.5 Å². The average molecular weight is 1010 g/mol. The first kappa shape index (κ1) is 68.2. The molecule has 2 unspecified atom stereocenters. The molecule has 0 rings (SSSR count). The van der Waals surface area contributed by atoms with Gasteiger partial charge in [0.05, 0.1) is 34.4 Å². The normalized spacial score (nSPS) is 13.5. The molecular formula is C63H108NO8+. The molecular weight excluding hydrogens is 899 g/mol. The number of likely N-dealkylation sites (N-methyl/N-ethyl adjacent to an activating group) is 1. The summed E-state index contributed by atoms with van der Waals surface area (Å²) in [5, 5.41) is 9.69. The van der Waals surface area contributed by atoms with Crippen LogP contribution in [-0.4, -0.2) is 87.4 Å². The van der Waals surface area contributed by atoms with Gasteiger partial charge in [-0.15, -0.1) is 0 Å². The second-order valence-electron chi connectivity index (χ2n) is 20.2. The zero-order valence-corrected chi connectivity index (χ0v) is 46.8. The quantitative estimate of drug-likeness (QED) is 0.0211. The Morgan fingerprint density at radius 2 is 0.792 bits per heavy atom. The summed E-state index contributed by atoms with van der Waals surface area (Å²) in [6.45, 7) is 4.70. The highest BCUT2D eigenvalue weighted by molar-refractivity contribution is 5.71. The second kappa shape index (κ2) is 53.5. The lowest BCUT2D eigenvalue weighted by Gasteiger charge is -2.25. The SMILES string of the molecule is CC/C=C\C/C=C\C/C=C\C/C=C\C/C=C\C/C=C\CCCCCCCCCCCCCCCCC(=O)OC(COC(=O)CCCCCCC/C=C\C/C=C\CCCC)COC(OCC[N+](C)(C)C)C(=O)O. The van der Waals surface area contributed by atoms with E-state index in [9.17, 15) is 19.5 Å². The zero-order valence-electron chi connectivity index (χ0n) is 46.8. The van der Waals surface area contributed by atoms with Crippen molar-refractivity contribution in [3.8, 4) is 0 Å². The van der Waals surface area contributed by atoms with E-state index < -0.39 is 24.3 Å². The second-order valence-corrected chi connectivity index (χ2v) is 20.2. The van der Waals surface area contributed by atoms with Crippen LogP contribution < -0.4 is 0 Å². The van der Waals surface area contributed by atoms with Crippen LogP contribution in [0.1, 0.15) is 226 Å². The van der Waals surface area contributed by atoms with Gasteiger partial charge in [-0.3, -0.25) is 9.59 Å². The molecule has 9 heteroatoms.